The number of hydrogen-bond acceptors (Lipinski definition) is 2. The summed E-state index contributed by atoms with van der Waals surface area (Å²) in [5.41, 5.74) is 2.81. The molecule has 1 atom stereocenters. The van der Waals surface area contributed by atoms with Gasteiger partial charge in [0, 0.05) is 5.69 Å². The fourth-order valence-electron chi connectivity index (χ4n) is 2.16. The van der Waals surface area contributed by atoms with E-state index in [4.69, 9.17) is 11.6 Å². The molecule has 0 N–H and O–H groups in total. The summed E-state index contributed by atoms with van der Waals surface area (Å²) in [5.74, 6) is 0.736. The molecule has 0 spiro atoms. The summed E-state index contributed by atoms with van der Waals surface area (Å²) in [6.45, 7) is 2.21. The maximum atomic E-state index is 10.7. The number of hydrogen-bond donors (Lipinski definition) is 0. The quantitative estimate of drug-likeness (QED) is 0.570. The topological polar surface area (TPSA) is 30.0 Å². The van der Waals surface area contributed by atoms with E-state index in [-0.39, 0.29) is 0 Å². The van der Waals surface area contributed by atoms with E-state index in [0.29, 0.717) is 10.7 Å². The predicted octanol–water partition coefficient (Wildman–Crippen LogP) is 3.06. The Balaban J connectivity index is 2.37. The van der Waals surface area contributed by atoms with E-state index in [1.807, 2.05) is 6.07 Å². The number of rotatable bonds is 2. The standard InChI is InChI=1S/C12H14ClNO/c1-2-8-3-4-11-9(5-8)6-10(7-15)12(13)14-11/h6-8H,2-5H2,1H3. The first-order valence-corrected chi connectivity index (χ1v) is 5.75. The van der Waals surface area contributed by atoms with Gasteiger partial charge in [0.15, 0.2) is 6.29 Å². The first-order chi connectivity index (χ1) is 7.24. The van der Waals surface area contributed by atoms with E-state index in [2.05, 4.69) is 11.9 Å². The maximum absolute atomic E-state index is 10.7. The van der Waals surface area contributed by atoms with Gasteiger partial charge in [0.25, 0.3) is 0 Å². The highest BCUT2D eigenvalue weighted by Gasteiger charge is 2.19. The molecule has 0 fully saturated rings. The van der Waals surface area contributed by atoms with Crippen molar-refractivity contribution >= 4 is 17.9 Å². The number of aldehydes is 1. The van der Waals surface area contributed by atoms with Crippen LogP contribution in [0, 0.1) is 5.92 Å². The highest BCUT2D eigenvalue weighted by Crippen LogP contribution is 2.28. The number of carbonyl (C=O) groups excluding carboxylic acids is 1. The van der Waals surface area contributed by atoms with Crippen LogP contribution in [0.1, 0.15) is 41.4 Å². The van der Waals surface area contributed by atoms with Crippen molar-refractivity contribution in [3.8, 4) is 0 Å². The Bertz CT molecular complexity index is 389. The number of nitrogens with zero attached hydrogens (tertiary/aromatic N) is 1. The van der Waals surface area contributed by atoms with Gasteiger partial charge in [-0.1, -0.05) is 24.9 Å². The molecule has 15 heavy (non-hydrogen) atoms. The number of fused-ring (bicyclic) bond motifs is 1. The number of carbonyl (C=O) groups is 1. The van der Waals surface area contributed by atoms with Gasteiger partial charge in [-0.15, -0.1) is 0 Å². The number of pyridine rings is 1. The van der Waals surface area contributed by atoms with Gasteiger partial charge in [-0.25, -0.2) is 4.98 Å². The average Bonchev–Trinajstić information content (AvgIpc) is 2.27. The molecule has 2 rings (SSSR count). The summed E-state index contributed by atoms with van der Waals surface area (Å²) in [5, 5.41) is 0.346. The van der Waals surface area contributed by atoms with Gasteiger partial charge < -0.3 is 0 Å². The molecule has 3 heteroatoms. The van der Waals surface area contributed by atoms with Gasteiger partial charge in [0.05, 0.1) is 5.56 Å². The molecule has 1 heterocycles. The van der Waals surface area contributed by atoms with Crippen molar-refractivity contribution in [2.24, 2.45) is 5.92 Å². The normalized spacial score (nSPS) is 19.7. The lowest BCUT2D eigenvalue weighted by atomic mass is 9.85. The van der Waals surface area contributed by atoms with Crippen molar-refractivity contribution < 1.29 is 4.79 Å². The van der Waals surface area contributed by atoms with Crippen LogP contribution in [0.3, 0.4) is 0 Å². The Hall–Kier alpha value is -0.890. The average molecular weight is 224 g/mol. The van der Waals surface area contributed by atoms with Crippen LogP contribution in [-0.4, -0.2) is 11.3 Å². The molecule has 0 saturated heterocycles. The highest BCUT2D eigenvalue weighted by molar-refractivity contribution is 6.31. The molecule has 0 aliphatic heterocycles. The molecule has 0 bridgehead atoms. The second kappa shape index (κ2) is 4.31. The zero-order valence-electron chi connectivity index (χ0n) is 8.79. The van der Waals surface area contributed by atoms with Crippen LogP contribution < -0.4 is 0 Å². The largest absolute Gasteiger partial charge is 0.298 e. The molecule has 1 aliphatic rings. The molecule has 1 unspecified atom stereocenters. The molecule has 1 aliphatic carbocycles. The van der Waals surface area contributed by atoms with Crippen LogP contribution in [-0.2, 0) is 12.8 Å². The second-order valence-electron chi connectivity index (χ2n) is 4.11. The van der Waals surface area contributed by atoms with E-state index in [1.165, 1.54) is 18.4 Å². The minimum absolute atomic E-state index is 0.346. The van der Waals surface area contributed by atoms with Crippen molar-refractivity contribution in [1.29, 1.82) is 0 Å². The van der Waals surface area contributed by atoms with Crippen molar-refractivity contribution in [1.82, 2.24) is 4.98 Å². The molecule has 80 valence electrons. The number of halogens is 1. The Labute approximate surface area is 94.7 Å². The molecule has 1 aromatic heterocycles. The van der Waals surface area contributed by atoms with Crippen molar-refractivity contribution in [2.75, 3.05) is 0 Å². The van der Waals surface area contributed by atoms with Crippen LogP contribution in [0.15, 0.2) is 6.07 Å². The number of aromatic nitrogens is 1. The van der Waals surface area contributed by atoms with Gasteiger partial charge in [0.2, 0.25) is 0 Å². The Morgan fingerprint density at radius 2 is 2.47 bits per heavy atom. The highest BCUT2D eigenvalue weighted by atomic mass is 35.5. The molecular weight excluding hydrogens is 210 g/mol. The summed E-state index contributed by atoms with van der Waals surface area (Å²) < 4.78 is 0. The van der Waals surface area contributed by atoms with E-state index in [0.717, 1.165) is 30.7 Å². The molecular formula is C12H14ClNO. The van der Waals surface area contributed by atoms with Crippen molar-refractivity contribution in [3.63, 3.8) is 0 Å². The Morgan fingerprint density at radius 1 is 1.67 bits per heavy atom. The predicted molar refractivity (Wildman–Crippen MR) is 60.4 cm³/mol. The molecule has 2 nitrogen and oxygen atoms in total. The fourth-order valence-corrected chi connectivity index (χ4v) is 2.36. The summed E-state index contributed by atoms with van der Waals surface area (Å²) in [6, 6.07) is 1.90. The van der Waals surface area contributed by atoms with E-state index in [9.17, 15) is 4.79 Å². The zero-order valence-corrected chi connectivity index (χ0v) is 9.55. The van der Waals surface area contributed by atoms with Gasteiger partial charge in [-0.3, -0.25) is 4.79 Å². The minimum atomic E-state index is 0.346. The van der Waals surface area contributed by atoms with E-state index >= 15 is 0 Å². The lowest BCUT2D eigenvalue weighted by Crippen LogP contribution is -2.15. The third kappa shape index (κ3) is 2.05. The lowest BCUT2D eigenvalue weighted by Gasteiger charge is -2.23. The lowest BCUT2D eigenvalue weighted by molar-refractivity contribution is 0.112. The molecule has 0 aromatic carbocycles. The van der Waals surface area contributed by atoms with Crippen LogP contribution in [0.5, 0.6) is 0 Å². The molecule has 0 saturated carbocycles. The third-order valence-electron chi connectivity index (χ3n) is 3.17. The fraction of sp³-hybridized carbons (Fsp3) is 0.500. The summed E-state index contributed by atoms with van der Waals surface area (Å²) in [7, 11) is 0. The van der Waals surface area contributed by atoms with Gasteiger partial charge in [0.1, 0.15) is 5.15 Å². The smallest absolute Gasteiger partial charge is 0.153 e. The summed E-state index contributed by atoms with van der Waals surface area (Å²) in [4.78, 5) is 15.0. The van der Waals surface area contributed by atoms with Crippen LogP contribution >= 0.6 is 11.6 Å². The second-order valence-corrected chi connectivity index (χ2v) is 4.47. The molecule has 1 aromatic rings. The number of aryl methyl sites for hydroxylation is 1. The Kier molecular flexibility index (Phi) is 3.06. The molecule has 0 amide bonds. The zero-order chi connectivity index (χ0) is 10.8. The summed E-state index contributed by atoms with van der Waals surface area (Å²) in [6.07, 6.45) is 5.19. The van der Waals surface area contributed by atoms with Gasteiger partial charge >= 0.3 is 0 Å². The minimum Gasteiger partial charge on any atom is -0.298 e. The van der Waals surface area contributed by atoms with E-state index in [1.54, 1.807) is 0 Å². The maximum Gasteiger partial charge on any atom is 0.153 e. The van der Waals surface area contributed by atoms with E-state index < -0.39 is 0 Å². The molecule has 0 radical (unpaired) electrons. The van der Waals surface area contributed by atoms with Crippen LogP contribution in [0.4, 0.5) is 0 Å². The van der Waals surface area contributed by atoms with Crippen molar-refractivity contribution in [3.05, 3.63) is 28.0 Å². The third-order valence-corrected chi connectivity index (χ3v) is 3.48. The van der Waals surface area contributed by atoms with Crippen LogP contribution in [0.25, 0.3) is 0 Å². The summed E-state index contributed by atoms with van der Waals surface area (Å²) >= 11 is 5.89. The van der Waals surface area contributed by atoms with Gasteiger partial charge in [-0.05, 0) is 36.8 Å². The SMILES string of the molecule is CCC1CCc2nc(Cl)c(C=O)cc2C1. The Morgan fingerprint density at radius 3 is 3.13 bits per heavy atom. The van der Waals surface area contributed by atoms with Crippen LogP contribution in [0.2, 0.25) is 5.15 Å². The first kappa shape index (κ1) is 10.6. The van der Waals surface area contributed by atoms with Gasteiger partial charge in [-0.2, -0.15) is 0 Å². The first-order valence-electron chi connectivity index (χ1n) is 5.38. The van der Waals surface area contributed by atoms with Crippen molar-refractivity contribution in [2.45, 2.75) is 32.6 Å². The monoisotopic (exact) mass is 223 g/mol.